The van der Waals surface area contributed by atoms with Crippen LogP contribution in [0.1, 0.15) is 24.1 Å². The number of benzene rings is 1. The molecule has 2 heterocycles. The Balaban J connectivity index is 1.83. The fourth-order valence-corrected chi connectivity index (χ4v) is 3.15. The van der Waals surface area contributed by atoms with Crippen LogP contribution in [0.25, 0.3) is 10.2 Å². The van der Waals surface area contributed by atoms with E-state index in [1.807, 2.05) is 18.3 Å². The van der Waals surface area contributed by atoms with E-state index < -0.39 is 0 Å². The lowest BCUT2D eigenvalue weighted by atomic mass is 10.1. The Morgan fingerprint density at radius 2 is 2.14 bits per heavy atom. The van der Waals surface area contributed by atoms with Crippen molar-refractivity contribution in [2.45, 2.75) is 19.6 Å². The van der Waals surface area contributed by atoms with Gasteiger partial charge in [-0.05, 0) is 36.1 Å². The van der Waals surface area contributed by atoms with E-state index in [9.17, 15) is 0 Å². The number of pyridine rings is 1. The fraction of sp³-hybridized carbons (Fsp3) is 0.235. The van der Waals surface area contributed by atoms with Gasteiger partial charge in [0.05, 0.1) is 22.9 Å². The monoisotopic (exact) mass is 298 g/mol. The lowest BCUT2D eigenvalue weighted by Gasteiger charge is -2.18. The molecule has 3 aromatic rings. The third kappa shape index (κ3) is 3.06. The van der Waals surface area contributed by atoms with Crippen LogP contribution in [0.15, 0.2) is 48.0 Å². The summed E-state index contributed by atoms with van der Waals surface area (Å²) in [5.74, 6) is 0. The van der Waals surface area contributed by atoms with Crippen molar-refractivity contribution in [3.05, 3.63) is 59.1 Å². The molecule has 1 N–H and O–H groups in total. The van der Waals surface area contributed by atoms with Gasteiger partial charge in [0.15, 0.2) is 0 Å². The minimum absolute atomic E-state index is 0.196. The van der Waals surface area contributed by atoms with Gasteiger partial charge in [-0.25, -0.2) is 0 Å². The van der Waals surface area contributed by atoms with E-state index in [-0.39, 0.29) is 6.04 Å². The van der Waals surface area contributed by atoms with Gasteiger partial charge in [0, 0.05) is 24.6 Å². The number of hydrogen-bond acceptors (Lipinski definition) is 4. The van der Waals surface area contributed by atoms with Crippen molar-refractivity contribution in [1.29, 1.82) is 0 Å². The van der Waals surface area contributed by atoms with Gasteiger partial charge in [-0.2, -0.15) is 0 Å². The Hall–Kier alpha value is -1.91. The van der Waals surface area contributed by atoms with Crippen molar-refractivity contribution < 1.29 is 4.74 Å². The molecule has 4 heteroatoms. The Kier molecular flexibility index (Phi) is 4.18. The van der Waals surface area contributed by atoms with Crippen molar-refractivity contribution in [3.63, 3.8) is 0 Å². The zero-order valence-corrected chi connectivity index (χ0v) is 13.0. The predicted octanol–water partition coefficient (Wildman–Crippen LogP) is 4.62. The Morgan fingerprint density at radius 3 is 3.00 bits per heavy atom. The number of anilines is 1. The summed E-state index contributed by atoms with van der Waals surface area (Å²) < 4.78 is 6.48. The van der Waals surface area contributed by atoms with Crippen LogP contribution in [0.4, 0.5) is 5.69 Å². The first-order valence-electron chi connectivity index (χ1n) is 6.94. The van der Waals surface area contributed by atoms with Crippen molar-refractivity contribution in [2.24, 2.45) is 0 Å². The molecule has 0 aliphatic carbocycles. The highest BCUT2D eigenvalue weighted by Crippen LogP contribution is 2.26. The van der Waals surface area contributed by atoms with Gasteiger partial charge >= 0.3 is 0 Å². The molecule has 0 aliphatic heterocycles. The molecular formula is C17H18N2OS. The average Bonchev–Trinajstić information content (AvgIpc) is 2.97. The Labute approximate surface area is 128 Å². The summed E-state index contributed by atoms with van der Waals surface area (Å²) in [4.78, 5) is 4.51. The number of para-hydroxylation sites is 1. The van der Waals surface area contributed by atoms with Crippen LogP contribution >= 0.6 is 11.3 Å². The lowest BCUT2D eigenvalue weighted by molar-refractivity contribution is 0.185. The van der Waals surface area contributed by atoms with Gasteiger partial charge in [0.2, 0.25) is 0 Å². The van der Waals surface area contributed by atoms with Crippen molar-refractivity contribution in [2.75, 3.05) is 12.4 Å². The van der Waals surface area contributed by atoms with E-state index in [0.29, 0.717) is 6.61 Å². The van der Waals surface area contributed by atoms with Gasteiger partial charge in [-0.3, -0.25) is 4.98 Å². The largest absolute Gasteiger partial charge is 0.380 e. The van der Waals surface area contributed by atoms with Gasteiger partial charge in [-0.1, -0.05) is 18.2 Å². The number of nitrogens with one attached hydrogen (secondary N) is 1. The number of nitrogens with zero attached hydrogens (tertiary/aromatic N) is 1. The molecule has 3 nitrogen and oxygen atoms in total. The molecular weight excluding hydrogens is 280 g/mol. The van der Waals surface area contributed by atoms with Gasteiger partial charge in [-0.15, -0.1) is 11.3 Å². The maximum absolute atomic E-state index is 5.25. The van der Waals surface area contributed by atoms with E-state index in [1.165, 1.54) is 10.3 Å². The molecule has 0 amide bonds. The van der Waals surface area contributed by atoms with Crippen LogP contribution < -0.4 is 5.32 Å². The molecule has 3 rings (SSSR count). The van der Waals surface area contributed by atoms with Crippen molar-refractivity contribution in [1.82, 2.24) is 4.98 Å². The highest BCUT2D eigenvalue weighted by atomic mass is 32.1. The molecule has 108 valence electrons. The summed E-state index contributed by atoms with van der Waals surface area (Å²) in [5.41, 5.74) is 4.53. The molecule has 0 radical (unpaired) electrons. The van der Waals surface area contributed by atoms with Crippen LogP contribution in [-0.4, -0.2) is 12.1 Å². The average molecular weight is 298 g/mol. The van der Waals surface area contributed by atoms with E-state index in [1.54, 1.807) is 18.4 Å². The second-order valence-corrected chi connectivity index (χ2v) is 5.98. The molecule has 2 aromatic heterocycles. The molecule has 0 bridgehead atoms. The summed E-state index contributed by atoms with van der Waals surface area (Å²) in [6.45, 7) is 2.76. The number of ether oxygens (including phenoxy) is 1. The third-order valence-electron chi connectivity index (χ3n) is 3.51. The van der Waals surface area contributed by atoms with Crippen molar-refractivity contribution in [3.8, 4) is 0 Å². The third-order valence-corrected chi connectivity index (χ3v) is 4.37. The number of thiophene rings is 1. The zero-order chi connectivity index (χ0) is 14.7. The second-order valence-electron chi connectivity index (χ2n) is 5.03. The molecule has 1 unspecified atom stereocenters. The van der Waals surface area contributed by atoms with Crippen LogP contribution in [0.5, 0.6) is 0 Å². The first kappa shape index (κ1) is 14.0. The molecule has 0 fully saturated rings. The number of hydrogen-bond donors (Lipinski definition) is 1. The maximum Gasteiger partial charge on any atom is 0.0809 e. The summed E-state index contributed by atoms with van der Waals surface area (Å²) in [6.07, 6.45) is 1.95. The Bertz CT molecular complexity index is 738. The minimum atomic E-state index is 0.196. The number of fused-ring (bicyclic) bond motifs is 1. The quantitative estimate of drug-likeness (QED) is 0.746. The lowest BCUT2D eigenvalue weighted by Crippen LogP contribution is -2.09. The standard InChI is InChI=1S/C17H18N2OS/c1-12(14-9-17-16(18-10-14)7-8-21-17)19-15-6-4-3-5-13(15)11-20-2/h3-10,12,19H,11H2,1-2H3. The minimum Gasteiger partial charge on any atom is -0.380 e. The highest BCUT2D eigenvalue weighted by Gasteiger charge is 2.09. The molecule has 0 aliphatic rings. The topological polar surface area (TPSA) is 34.1 Å². The normalized spacial score (nSPS) is 12.5. The molecule has 1 atom stereocenters. The smallest absolute Gasteiger partial charge is 0.0809 e. The van der Waals surface area contributed by atoms with Gasteiger partial charge in [0.1, 0.15) is 0 Å². The Morgan fingerprint density at radius 1 is 1.29 bits per heavy atom. The number of aromatic nitrogens is 1. The molecule has 0 saturated carbocycles. The molecule has 1 aromatic carbocycles. The predicted molar refractivity (Wildman–Crippen MR) is 88.8 cm³/mol. The summed E-state index contributed by atoms with van der Waals surface area (Å²) in [5, 5.41) is 5.63. The molecule has 21 heavy (non-hydrogen) atoms. The van der Waals surface area contributed by atoms with Crippen molar-refractivity contribution >= 4 is 27.2 Å². The highest BCUT2D eigenvalue weighted by molar-refractivity contribution is 7.17. The molecule has 0 saturated heterocycles. The maximum atomic E-state index is 5.25. The first-order valence-corrected chi connectivity index (χ1v) is 7.82. The first-order chi connectivity index (χ1) is 10.3. The summed E-state index contributed by atoms with van der Waals surface area (Å²) in [6, 6.07) is 12.7. The number of methoxy groups -OCH3 is 1. The summed E-state index contributed by atoms with van der Waals surface area (Å²) >= 11 is 1.73. The van der Waals surface area contributed by atoms with E-state index >= 15 is 0 Å². The fourth-order valence-electron chi connectivity index (χ4n) is 2.36. The SMILES string of the molecule is COCc1ccccc1NC(C)c1cnc2ccsc2c1. The van der Waals surface area contributed by atoms with Crippen LogP contribution in [-0.2, 0) is 11.3 Å². The van der Waals surface area contributed by atoms with Crippen LogP contribution in [0.2, 0.25) is 0 Å². The van der Waals surface area contributed by atoms with E-state index in [0.717, 1.165) is 16.8 Å². The van der Waals surface area contributed by atoms with Gasteiger partial charge in [0.25, 0.3) is 0 Å². The van der Waals surface area contributed by atoms with E-state index in [4.69, 9.17) is 4.74 Å². The number of rotatable bonds is 5. The van der Waals surface area contributed by atoms with Crippen LogP contribution in [0.3, 0.4) is 0 Å². The summed E-state index contributed by atoms with van der Waals surface area (Å²) in [7, 11) is 1.72. The zero-order valence-electron chi connectivity index (χ0n) is 12.2. The van der Waals surface area contributed by atoms with E-state index in [2.05, 4.69) is 46.9 Å². The van der Waals surface area contributed by atoms with Gasteiger partial charge < -0.3 is 10.1 Å². The molecule has 0 spiro atoms. The second kappa shape index (κ2) is 6.24. The van der Waals surface area contributed by atoms with Crippen LogP contribution in [0, 0.1) is 0 Å².